The van der Waals surface area contributed by atoms with Crippen LogP contribution >= 0.6 is 0 Å². The van der Waals surface area contributed by atoms with Crippen molar-refractivity contribution < 1.29 is 23.1 Å². The summed E-state index contributed by atoms with van der Waals surface area (Å²) in [6.45, 7) is -0.272. The molecule has 0 saturated heterocycles. The Bertz CT molecular complexity index is 682. The fraction of sp³-hybridized carbons (Fsp3) is 0.0667. The molecule has 2 aromatic carbocycles. The number of ether oxygens (including phenoxy) is 1. The fourth-order valence-electron chi connectivity index (χ4n) is 1.70. The summed E-state index contributed by atoms with van der Waals surface area (Å²) in [7, 11) is 0. The number of carbonyl (C=O) groups excluding carboxylic acids is 2. The molecule has 7 heteroatoms. The van der Waals surface area contributed by atoms with Crippen LogP contribution in [0.5, 0.6) is 5.75 Å². The molecule has 0 saturated carbocycles. The molecule has 5 nitrogen and oxygen atoms in total. The van der Waals surface area contributed by atoms with Crippen molar-refractivity contribution >= 4 is 17.5 Å². The Labute approximate surface area is 124 Å². The lowest BCUT2D eigenvalue weighted by Gasteiger charge is -2.08. The minimum atomic E-state index is -0.945. The van der Waals surface area contributed by atoms with Gasteiger partial charge in [-0.2, -0.15) is 0 Å². The van der Waals surface area contributed by atoms with Gasteiger partial charge in [0.15, 0.2) is 6.61 Å². The van der Waals surface area contributed by atoms with Gasteiger partial charge >= 0.3 is 0 Å². The van der Waals surface area contributed by atoms with Gasteiger partial charge in [0.2, 0.25) is 0 Å². The maximum Gasteiger partial charge on any atom is 0.261 e. The van der Waals surface area contributed by atoms with Crippen molar-refractivity contribution in [3.8, 4) is 5.75 Å². The zero-order valence-electron chi connectivity index (χ0n) is 11.3. The van der Waals surface area contributed by atoms with Crippen molar-refractivity contribution in [2.24, 2.45) is 5.73 Å². The van der Waals surface area contributed by atoms with Gasteiger partial charge in [-0.15, -0.1) is 0 Å². The number of nitrogens with one attached hydrogen (secondary N) is 1. The summed E-state index contributed by atoms with van der Waals surface area (Å²) in [5, 5.41) is 2.37. The molecule has 2 amide bonds. The summed E-state index contributed by atoms with van der Waals surface area (Å²) in [6.07, 6.45) is 0. The van der Waals surface area contributed by atoms with Crippen LogP contribution in [0.25, 0.3) is 0 Å². The molecule has 0 aliphatic carbocycles. The molecule has 0 radical (unpaired) electrons. The standard InChI is InChI=1S/C15H12F2N2O3/c16-11-2-1-3-12(17)14(11)15(21)19-9-4-6-10(7-5-9)22-8-13(18)20/h1-7H,8H2,(H2,18,20)(H,19,21). The van der Waals surface area contributed by atoms with Gasteiger partial charge in [0.25, 0.3) is 11.8 Å². The first-order valence-corrected chi connectivity index (χ1v) is 6.24. The molecule has 2 aromatic rings. The third-order valence-electron chi connectivity index (χ3n) is 2.68. The van der Waals surface area contributed by atoms with Crippen molar-refractivity contribution in [1.29, 1.82) is 0 Å². The third-order valence-corrected chi connectivity index (χ3v) is 2.68. The molecule has 0 heterocycles. The zero-order valence-corrected chi connectivity index (χ0v) is 11.3. The number of benzene rings is 2. The Morgan fingerprint density at radius 2 is 1.64 bits per heavy atom. The summed E-state index contributed by atoms with van der Waals surface area (Å²) < 4.78 is 32.0. The summed E-state index contributed by atoms with van der Waals surface area (Å²) in [4.78, 5) is 22.4. The molecule has 22 heavy (non-hydrogen) atoms. The van der Waals surface area contributed by atoms with E-state index in [4.69, 9.17) is 10.5 Å². The van der Waals surface area contributed by atoms with Crippen LogP contribution in [0.1, 0.15) is 10.4 Å². The van der Waals surface area contributed by atoms with E-state index in [0.29, 0.717) is 11.4 Å². The van der Waals surface area contributed by atoms with Gasteiger partial charge in [0.05, 0.1) is 0 Å². The van der Waals surface area contributed by atoms with E-state index >= 15 is 0 Å². The summed E-state index contributed by atoms with van der Waals surface area (Å²) >= 11 is 0. The highest BCUT2D eigenvalue weighted by Crippen LogP contribution is 2.18. The first-order valence-electron chi connectivity index (χ1n) is 6.24. The topological polar surface area (TPSA) is 81.4 Å². The number of rotatable bonds is 5. The molecule has 114 valence electrons. The first-order chi connectivity index (χ1) is 10.5. The molecule has 3 N–H and O–H groups in total. The lowest BCUT2D eigenvalue weighted by molar-refractivity contribution is -0.119. The van der Waals surface area contributed by atoms with Gasteiger partial charge < -0.3 is 15.8 Å². The van der Waals surface area contributed by atoms with E-state index in [0.717, 1.165) is 12.1 Å². The second-order valence-electron chi connectivity index (χ2n) is 4.33. The second kappa shape index (κ2) is 6.66. The lowest BCUT2D eigenvalue weighted by Crippen LogP contribution is -2.20. The van der Waals surface area contributed by atoms with Crippen molar-refractivity contribution in [2.75, 3.05) is 11.9 Å². The molecule has 0 bridgehead atoms. The number of hydrogen-bond donors (Lipinski definition) is 2. The molecule has 0 unspecified atom stereocenters. The third kappa shape index (κ3) is 3.78. The average Bonchev–Trinajstić information content (AvgIpc) is 2.46. The van der Waals surface area contributed by atoms with Crippen LogP contribution in [-0.4, -0.2) is 18.4 Å². The summed E-state index contributed by atoms with van der Waals surface area (Å²) in [5.41, 5.74) is 4.60. The highest BCUT2D eigenvalue weighted by Gasteiger charge is 2.16. The lowest BCUT2D eigenvalue weighted by atomic mass is 10.2. The van der Waals surface area contributed by atoms with Crippen molar-refractivity contribution in [1.82, 2.24) is 0 Å². The SMILES string of the molecule is NC(=O)COc1ccc(NC(=O)c2c(F)cccc2F)cc1. The number of hydrogen-bond acceptors (Lipinski definition) is 3. The van der Waals surface area contributed by atoms with E-state index in [2.05, 4.69) is 5.32 Å². The first kappa shape index (κ1) is 15.4. The Balaban J connectivity index is 2.07. The van der Waals surface area contributed by atoms with E-state index in [1.54, 1.807) is 0 Å². The number of amides is 2. The van der Waals surface area contributed by atoms with Gasteiger partial charge in [-0.1, -0.05) is 6.07 Å². The van der Waals surface area contributed by atoms with E-state index in [9.17, 15) is 18.4 Å². The van der Waals surface area contributed by atoms with Crippen LogP contribution in [0, 0.1) is 11.6 Å². The van der Waals surface area contributed by atoms with Crippen molar-refractivity contribution in [2.45, 2.75) is 0 Å². The maximum atomic E-state index is 13.5. The van der Waals surface area contributed by atoms with E-state index in [-0.39, 0.29) is 6.61 Å². The van der Waals surface area contributed by atoms with Crippen LogP contribution < -0.4 is 15.8 Å². The predicted molar refractivity (Wildman–Crippen MR) is 75.4 cm³/mol. The highest BCUT2D eigenvalue weighted by molar-refractivity contribution is 6.04. The van der Waals surface area contributed by atoms with Gasteiger partial charge in [-0.05, 0) is 36.4 Å². The smallest absolute Gasteiger partial charge is 0.261 e. The molecule has 0 aliphatic rings. The fourth-order valence-corrected chi connectivity index (χ4v) is 1.70. The van der Waals surface area contributed by atoms with E-state index < -0.39 is 29.0 Å². The minimum Gasteiger partial charge on any atom is -0.484 e. The summed E-state index contributed by atoms with van der Waals surface area (Å²) in [6, 6.07) is 9.07. The Morgan fingerprint density at radius 3 is 2.18 bits per heavy atom. The largest absolute Gasteiger partial charge is 0.484 e. The highest BCUT2D eigenvalue weighted by atomic mass is 19.1. The minimum absolute atomic E-state index is 0.272. The van der Waals surface area contributed by atoms with Crippen molar-refractivity contribution in [3.05, 3.63) is 59.7 Å². The number of halogens is 2. The number of carbonyl (C=O) groups is 2. The van der Waals surface area contributed by atoms with Gasteiger partial charge in [-0.25, -0.2) is 8.78 Å². The molecular weight excluding hydrogens is 294 g/mol. The van der Waals surface area contributed by atoms with Gasteiger partial charge in [0.1, 0.15) is 22.9 Å². The molecule has 0 aromatic heterocycles. The monoisotopic (exact) mass is 306 g/mol. The van der Waals surface area contributed by atoms with Crippen LogP contribution in [0.2, 0.25) is 0 Å². The molecule has 2 rings (SSSR count). The molecule has 0 aliphatic heterocycles. The Morgan fingerprint density at radius 1 is 1.05 bits per heavy atom. The van der Waals surface area contributed by atoms with Gasteiger partial charge in [0, 0.05) is 5.69 Å². The Kier molecular flexibility index (Phi) is 4.67. The Hall–Kier alpha value is -2.96. The summed E-state index contributed by atoms with van der Waals surface area (Å²) in [5.74, 6) is -3.04. The van der Waals surface area contributed by atoms with Crippen LogP contribution in [-0.2, 0) is 4.79 Å². The van der Waals surface area contributed by atoms with Crippen LogP contribution in [0.3, 0.4) is 0 Å². The molecule has 0 spiro atoms. The number of anilines is 1. The number of nitrogens with two attached hydrogens (primary N) is 1. The zero-order chi connectivity index (χ0) is 16.1. The molecular formula is C15H12F2N2O3. The van der Waals surface area contributed by atoms with Gasteiger partial charge in [-0.3, -0.25) is 9.59 Å². The second-order valence-corrected chi connectivity index (χ2v) is 4.33. The maximum absolute atomic E-state index is 13.5. The van der Waals surface area contributed by atoms with Crippen LogP contribution in [0.4, 0.5) is 14.5 Å². The number of primary amides is 1. The van der Waals surface area contributed by atoms with E-state index in [1.807, 2.05) is 0 Å². The van der Waals surface area contributed by atoms with E-state index in [1.165, 1.54) is 30.3 Å². The van der Waals surface area contributed by atoms with Crippen LogP contribution in [0.15, 0.2) is 42.5 Å². The predicted octanol–water partition coefficient (Wildman–Crippen LogP) is 2.08. The quantitative estimate of drug-likeness (QED) is 0.887. The normalized spacial score (nSPS) is 10.1. The molecule has 0 atom stereocenters. The molecule has 0 fully saturated rings. The van der Waals surface area contributed by atoms with Crippen molar-refractivity contribution in [3.63, 3.8) is 0 Å². The average molecular weight is 306 g/mol.